The van der Waals surface area contributed by atoms with E-state index in [9.17, 15) is 19.5 Å². The zero-order chi connectivity index (χ0) is 23.4. The maximum atomic E-state index is 13.1. The van der Waals surface area contributed by atoms with E-state index >= 15 is 0 Å². The van der Waals surface area contributed by atoms with Crippen molar-refractivity contribution in [3.8, 4) is 11.5 Å². The fraction of sp³-hybridized carbons (Fsp3) is 0.0417. The summed E-state index contributed by atoms with van der Waals surface area (Å²) in [5.74, 6) is -1.29. The summed E-state index contributed by atoms with van der Waals surface area (Å²) in [5, 5.41) is 14.6. The van der Waals surface area contributed by atoms with Crippen molar-refractivity contribution >= 4 is 41.1 Å². The summed E-state index contributed by atoms with van der Waals surface area (Å²) in [7, 11) is 0. The van der Waals surface area contributed by atoms with Crippen LogP contribution in [-0.4, -0.2) is 29.7 Å². The number of carbonyl (C=O) groups is 3. The molecule has 0 saturated heterocycles. The van der Waals surface area contributed by atoms with Crippen LogP contribution >= 0.6 is 11.6 Å². The van der Waals surface area contributed by atoms with Gasteiger partial charge >= 0.3 is 5.97 Å². The molecule has 0 bridgehead atoms. The predicted molar refractivity (Wildman–Crippen MR) is 121 cm³/mol. The standard InChI is InChI=1S/C24H17ClN2O6/c25-18-7-2-1-6-17(18)22(28)27-19(10-14-8-9-20-21(11-14)33-13-32-20)23(29)26-16-5-3-4-15(12-16)24(30)31/h1-12H,13H2,(H,26,29)(H,27,28)(H,30,31)/b19-10-. The molecule has 3 aromatic carbocycles. The van der Waals surface area contributed by atoms with Crippen LogP contribution in [0, 0.1) is 0 Å². The third kappa shape index (κ3) is 5.13. The molecule has 33 heavy (non-hydrogen) atoms. The van der Waals surface area contributed by atoms with Gasteiger partial charge in [-0.1, -0.05) is 35.9 Å². The zero-order valence-corrected chi connectivity index (χ0v) is 17.8. The first-order valence-corrected chi connectivity index (χ1v) is 10.1. The minimum absolute atomic E-state index is 0.00852. The number of carboxylic acid groups (broad SMARTS) is 1. The van der Waals surface area contributed by atoms with Crippen molar-refractivity contribution in [2.75, 3.05) is 12.1 Å². The van der Waals surface area contributed by atoms with Gasteiger partial charge in [-0.05, 0) is 54.1 Å². The lowest BCUT2D eigenvalue weighted by atomic mass is 10.1. The lowest BCUT2D eigenvalue weighted by molar-refractivity contribution is -0.113. The predicted octanol–water partition coefficient (Wildman–Crippen LogP) is 4.18. The molecule has 1 heterocycles. The summed E-state index contributed by atoms with van der Waals surface area (Å²) >= 11 is 6.12. The number of anilines is 1. The highest BCUT2D eigenvalue weighted by Gasteiger charge is 2.19. The zero-order valence-electron chi connectivity index (χ0n) is 17.0. The molecule has 2 amide bonds. The van der Waals surface area contributed by atoms with Gasteiger partial charge in [-0.3, -0.25) is 9.59 Å². The molecule has 0 fully saturated rings. The van der Waals surface area contributed by atoms with Gasteiger partial charge in [0.25, 0.3) is 11.8 Å². The first-order valence-electron chi connectivity index (χ1n) is 9.72. The van der Waals surface area contributed by atoms with Gasteiger partial charge in [-0.25, -0.2) is 4.79 Å². The lowest BCUT2D eigenvalue weighted by Crippen LogP contribution is -2.31. The quantitative estimate of drug-likeness (QED) is 0.472. The number of nitrogens with one attached hydrogen (secondary N) is 2. The largest absolute Gasteiger partial charge is 0.478 e. The van der Waals surface area contributed by atoms with Gasteiger partial charge < -0.3 is 25.2 Å². The molecular weight excluding hydrogens is 448 g/mol. The number of hydrogen-bond acceptors (Lipinski definition) is 5. The Morgan fingerprint density at radius 2 is 1.73 bits per heavy atom. The van der Waals surface area contributed by atoms with Crippen LogP contribution in [0.25, 0.3) is 6.08 Å². The third-order valence-electron chi connectivity index (χ3n) is 4.69. The fourth-order valence-electron chi connectivity index (χ4n) is 3.09. The van der Waals surface area contributed by atoms with Gasteiger partial charge in [0.2, 0.25) is 6.79 Å². The van der Waals surface area contributed by atoms with Gasteiger partial charge in [-0.2, -0.15) is 0 Å². The first kappa shape index (κ1) is 21.9. The summed E-state index contributed by atoms with van der Waals surface area (Å²) in [6, 6.07) is 17.3. The van der Waals surface area contributed by atoms with Crippen LogP contribution in [-0.2, 0) is 4.79 Å². The van der Waals surface area contributed by atoms with Crippen LogP contribution in [0.15, 0.2) is 72.4 Å². The number of carbonyl (C=O) groups excluding carboxylic acids is 2. The summed E-state index contributed by atoms with van der Waals surface area (Å²) in [6.45, 7) is 0.0962. The van der Waals surface area contributed by atoms with Gasteiger partial charge in [0.05, 0.1) is 16.1 Å². The van der Waals surface area contributed by atoms with Crippen LogP contribution in [0.4, 0.5) is 5.69 Å². The Kier molecular flexibility index (Phi) is 6.28. The van der Waals surface area contributed by atoms with E-state index in [2.05, 4.69) is 10.6 Å². The number of benzene rings is 3. The Morgan fingerprint density at radius 3 is 2.52 bits per heavy atom. The molecule has 0 saturated carbocycles. The fourth-order valence-corrected chi connectivity index (χ4v) is 3.31. The number of fused-ring (bicyclic) bond motifs is 1. The average Bonchev–Trinajstić information content (AvgIpc) is 3.27. The average molecular weight is 465 g/mol. The number of carboxylic acids is 1. The van der Waals surface area contributed by atoms with Crippen LogP contribution in [0.3, 0.4) is 0 Å². The lowest BCUT2D eigenvalue weighted by Gasteiger charge is -2.12. The number of ether oxygens (including phenoxy) is 2. The van der Waals surface area contributed by atoms with Crippen LogP contribution < -0.4 is 20.1 Å². The molecule has 0 spiro atoms. The molecule has 9 heteroatoms. The molecule has 3 aromatic rings. The Morgan fingerprint density at radius 1 is 0.939 bits per heavy atom. The minimum atomic E-state index is -1.13. The second kappa shape index (κ2) is 9.46. The number of rotatable bonds is 6. The number of halogens is 1. The van der Waals surface area contributed by atoms with Crippen LogP contribution in [0.5, 0.6) is 11.5 Å². The second-order valence-corrected chi connectivity index (χ2v) is 7.35. The summed E-state index contributed by atoms with van der Waals surface area (Å²) in [5.41, 5.74) is 0.941. The molecule has 0 radical (unpaired) electrons. The SMILES string of the molecule is O=C(Nc1cccc(C(=O)O)c1)/C(=C/c1ccc2c(c1)OCO2)NC(=O)c1ccccc1Cl. The van der Waals surface area contributed by atoms with Crippen molar-refractivity contribution in [1.82, 2.24) is 5.32 Å². The molecule has 0 aromatic heterocycles. The third-order valence-corrected chi connectivity index (χ3v) is 5.02. The first-order chi connectivity index (χ1) is 15.9. The molecule has 8 nitrogen and oxygen atoms in total. The molecule has 1 aliphatic heterocycles. The summed E-state index contributed by atoms with van der Waals surface area (Å²) < 4.78 is 10.7. The Labute approximate surface area is 193 Å². The molecular formula is C24H17ClN2O6. The van der Waals surface area contributed by atoms with Crippen molar-refractivity contribution in [1.29, 1.82) is 0 Å². The molecule has 1 aliphatic rings. The summed E-state index contributed by atoms with van der Waals surface area (Å²) in [4.78, 5) is 37.1. The molecule has 166 valence electrons. The molecule has 3 N–H and O–H groups in total. The minimum Gasteiger partial charge on any atom is -0.478 e. The molecule has 0 unspecified atom stereocenters. The maximum Gasteiger partial charge on any atom is 0.335 e. The van der Waals surface area contributed by atoms with Gasteiger partial charge in [0.1, 0.15) is 5.70 Å². The van der Waals surface area contributed by atoms with Crippen molar-refractivity contribution in [2.24, 2.45) is 0 Å². The van der Waals surface area contributed by atoms with Gasteiger partial charge in [-0.15, -0.1) is 0 Å². The molecule has 0 atom stereocenters. The van der Waals surface area contributed by atoms with E-state index in [1.807, 2.05) is 0 Å². The molecule has 0 aliphatic carbocycles. The van der Waals surface area contributed by atoms with E-state index in [0.29, 0.717) is 17.1 Å². The van der Waals surface area contributed by atoms with Crippen molar-refractivity contribution < 1.29 is 29.0 Å². The Balaban J connectivity index is 1.65. The maximum absolute atomic E-state index is 13.1. The number of aromatic carboxylic acids is 1. The monoisotopic (exact) mass is 464 g/mol. The highest BCUT2D eigenvalue weighted by atomic mass is 35.5. The van der Waals surface area contributed by atoms with E-state index in [1.54, 1.807) is 42.5 Å². The summed E-state index contributed by atoms with van der Waals surface area (Å²) in [6.07, 6.45) is 1.47. The second-order valence-electron chi connectivity index (χ2n) is 6.94. The van der Waals surface area contributed by atoms with E-state index in [4.69, 9.17) is 21.1 Å². The Hall–Kier alpha value is -4.30. The van der Waals surface area contributed by atoms with E-state index in [1.165, 1.54) is 30.3 Å². The number of amides is 2. The van der Waals surface area contributed by atoms with Crippen molar-refractivity contribution in [3.63, 3.8) is 0 Å². The van der Waals surface area contributed by atoms with E-state index in [0.717, 1.165) is 0 Å². The highest BCUT2D eigenvalue weighted by Crippen LogP contribution is 2.33. The van der Waals surface area contributed by atoms with Gasteiger partial charge in [0, 0.05) is 5.69 Å². The van der Waals surface area contributed by atoms with Gasteiger partial charge in [0.15, 0.2) is 11.5 Å². The van der Waals surface area contributed by atoms with E-state index < -0.39 is 17.8 Å². The molecule has 4 rings (SSSR count). The number of hydrogen-bond donors (Lipinski definition) is 3. The topological polar surface area (TPSA) is 114 Å². The van der Waals surface area contributed by atoms with Crippen LogP contribution in [0.2, 0.25) is 5.02 Å². The highest BCUT2D eigenvalue weighted by molar-refractivity contribution is 6.34. The van der Waals surface area contributed by atoms with Crippen molar-refractivity contribution in [3.05, 3.63) is 94.1 Å². The van der Waals surface area contributed by atoms with Crippen molar-refractivity contribution in [2.45, 2.75) is 0 Å². The van der Waals surface area contributed by atoms with E-state index in [-0.39, 0.29) is 34.3 Å². The normalized spacial score (nSPS) is 12.2. The smallest absolute Gasteiger partial charge is 0.335 e. The van der Waals surface area contributed by atoms with Crippen LogP contribution in [0.1, 0.15) is 26.3 Å². The Bertz CT molecular complexity index is 1290.